The molecule has 0 radical (unpaired) electrons. The van der Waals surface area contributed by atoms with Gasteiger partial charge in [0.2, 0.25) is 5.91 Å². The fraction of sp³-hybridized carbons (Fsp3) is 0.632. The fourth-order valence-electron chi connectivity index (χ4n) is 3.71. The van der Waals surface area contributed by atoms with Gasteiger partial charge < -0.3 is 15.8 Å². The molecule has 3 N–H and O–H groups in total. The normalized spacial score (nSPS) is 24.9. The van der Waals surface area contributed by atoms with Crippen LogP contribution in [0.1, 0.15) is 36.8 Å². The van der Waals surface area contributed by atoms with E-state index in [1.54, 1.807) is 0 Å². The van der Waals surface area contributed by atoms with Crippen molar-refractivity contribution >= 4 is 5.91 Å². The maximum atomic E-state index is 12.2. The lowest BCUT2D eigenvalue weighted by molar-refractivity contribution is -0.122. The zero-order valence-electron chi connectivity index (χ0n) is 14.4. The molecule has 1 amide bonds. The minimum absolute atomic E-state index is 0.124. The van der Waals surface area contributed by atoms with Crippen LogP contribution in [0.3, 0.4) is 0 Å². The summed E-state index contributed by atoms with van der Waals surface area (Å²) in [7, 11) is 0. The van der Waals surface area contributed by atoms with Gasteiger partial charge >= 0.3 is 0 Å². The first kappa shape index (κ1) is 17.4. The van der Waals surface area contributed by atoms with Crippen molar-refractivity contribution in [1.82, 2.24) is 10.2 Å². The highest BCUT2D eigenvalue weighted by molar-refractivity contribution is 5.76. The molecule has 1 heterocycles. The Balaban J connectivity index is 1.51. The van der Waals surface area contributed by atoms with Crippen LogP contribution in [-0.2, 0) is 22.6 Å². The van der Waals surface area contributed by atoms with Crippen LogP contribution in [0.2, 0.25) is 0 Å². The number of nitrogens with one attached hydrogen (secondary N) is 1. The predicted molar refractivity (Wildman–Crippen MR) is 94.3 cm³/mol. The Hall–Kier alpha value is -1.43. The Morgan fingerprint density at radius 3 is 2.67 bits per heavy atom. The van der Waals surface area contributed by atoms with Gasteiger partial charge in [-0.15, -0.1) is 0 Å². The molecule has 2 atom stereocenters. The molecule has 5 nitrogen and oxygen atoms in total. The number of carbonyl (C=O) groups excluding carboxylic acids is 1. The second-order valence-electron chi connectivity index (χ2n) is 6.99. The van der Waals surface area contributed by atoms with Crippen LogP contribution in [0.4, 0.5) is 0 Å². The zero-order valence-corrected chi connectivity index (χ0v) is 14.4. The number of rotatable bonds is 6. The molecule has 0 bridgehead atoms. The molecule has 1 aromatic carbocycles. The van der Waals surface area contributed by atoms with Crippen LogP contribution in [-0.4, -0.2) is 43.2 Å². The van der Waals surface area contributed by atoms with E-state index in [2.05, 4.69) is 28.4 Å². The van der Waals surface area contributed by atoms with Gasteiger partial charge in [-0.05, 0) is 29.9 Å². The Kier molecular flexibility index (Phi) is 6.24. The number of carbonyl (C=O) groups is 1. The average Bonchev–Trinajstić information content (AvgIpc) is 3.00. The maximum absolute atomic E-state index is 12.2. The average molecular weight is 331 g/mol. The molecule has 1 aliphatic heterocycles. The van der Waals surface area contributed by atoms with E-state index in [-0.39, 0.29) is 11.9 Å². The van der Waals surface area contributed by atoms with Gasteiger partial charge in [-0.1, -0.05) is 30.7 Å². The highest BCUT2D eigenvalue weighted by atomic mass is 16.5. The largest absolute Gasteiger partial charge is 0.379 e. The smallest absolute Gasteiger partial charge is 0.220 e. The van der Waals surface area contributed by atoms with Gasteiger partial charge in [-0.25, -0.2) is 0 Å². The van der Waals surface area contributed by atoms with Crippen molar-refractivity contribution in [2.24, 2.45) is 11.7 Å². The number of hydrogen-bond donors (Lipinski definition) is 2. The lowest BCUT2D eigenvalue weighted by Crippen LogP contribution is -2.36. The molecule has 2 fully saturated rings. The molecule has 1 saturated carbocycles. The number of amides is 1. The summed E-state index contributed by atoms with van der Waals surface area (Å²) < 4.78 is 5.41. The van der Waals surface area contributed by atoms with Gasteiger partial charge in [0.25, 0.3) is 0 Å². The molecule has 132 valence electrons. The fourth-order valence-corrected chi connectivity index (χ4v) is 3.71. The third-order valence-electron chi connectivity index (χ3n) is 5.26. The predicted octanol–water partition coefficient (Wildman–Crippen LogP) is 1.65. The van der Waals surface area contributed by atoms with E-state index in [1.807, 2.05) is 6.07 Å². The zero-order chi connectivity index (χ0) is 16.8. The van der Waals surface area contributed by atoms with E-state index in [4.69, 9.17) is 10.5 Å². The van der Waals surface area contributed by atoms with E-state index < -0.39 is 0 Å². The summed E-state index contributed by atoms with van der Waals surface area (Å²) in [5, 5.41) is 3.09. The van der Waals surface area contributed by atoms with Gasteiger partial charge in [-0.2, -0.15) is 0 Å². The first-order valence-electron chi connectivity index (χ1n) is 9.11. The summed E-state index contributed by atoms with van der Waals surface area (Å²) in [5.74, 6) is 0.479. The summed E-state index contributed by atoms with van der Waals surface area (Å²) in [6.07, 6.45) is 3.86. The minimum Gasteiger partial charge on any atom is -0.379 e. The van der Waals surface area contributed by atoms with Crippen molar-refractivity contribution < 1.29 is 9.53 Å². The topological polar surface area (TPSA) is 67.6 Å². The molecule has 24 heavy (non-hydrogen) atoms. The van der Waals surface area contributed by atoms with Crippen molar-refractivity contribution in [3.63, 3.8) is 0 Å². The van der Waals surface area contributed by atoms with E-state index in [9.17, 15) is 4.79 Å². The number of benzene rings is 1. The molecule has 0 aromatic heterocycles. The summed E-state index contributed by atoms with van der Waals surface area (Å²) in [5.41, 5.74) is 8.56. The third-order valence-corrected chi connectivity index (χ3v) is 5.26. The summed E-state index contributed by atoms with van der Waals surface area (Å²) in [6, 6.07) is 8.57. The highest BCUT2D eigenvalue weighted by Gasteiger charge is 2.25. The number of morpholine rings is 1. The summed E-state index contributed by atoms with van der Waals surface area (Å²) >= 11 is 0. The second-order valence-corrected chi connectivity index (χ2v) is 6.99. The van der Waals surface area contributed by atoms with Crippen molar-refractivity contribution in [2.75, 3.05) is 26.3 Å². The Morgan fingerprint density at radius 2 is 1.96 bits per heavy atom. The molecule has 2 aliphatic rings. The molecular weight excluding hydrogens is 302 g/mol. The molecule has 1 aromatic rings. The highest BCUT2D eigenvalue weighted by Crippen LogP contribution is 2.26. The molecule has 1 aliphatic carbocycles. The molecule has 0 unspecified atom stereocenters. The van der Waals surface area contributed by atoms with Gasteiger partial charge in [0, 0.05) is 38.6 Å². The minimum atomic E-state index is 0.124. The number of nitrogens with zero attached hydrogens (tertiary/aromatic N) is 1. The van der Waals surface area contributed by atoms with E-state index in [0.29, 0.717) is 18.9 Å². The first-order valence-corrected chi connectivity index (χ1v) is 9.11. The van der Waals surface area contributed by atoms with Crippen molar-refractivity contribution in [3.8, 4) is 0 Å². The van der Waals surface area contributed by atoms with Crippen LogP contribution in [0.25, 0.3) is 0 Å². The lowest BCUT2D eigenvalue weighted by Gasteiger charge is -2.27. The number of ether oxygens (including phenoxy) is 1. The Labute approximate surface area is 144 Å². The van der Waals surface area contributed by atoms with E-state index in [0.717, 1.165) is 52.1 Å². The van der Waals surface area contributed by atoms with Crippen LogP contribution in [0, 0.1) is 5.92 Å². The lowest BCUT2D eigenvalue weighted by atomic mass is 9.99. The summed E-state index contributed by atoms with van der Waals surface area (Å²) in [4.78, 5) is 14.6. The van der Waals surface area contributed by atoms with Gasteiger partial charge in [-0.3, -0.25) is 9.69 Å². The standard InChI is InChI=1S/C19H29N3O2/c20-18-7-3-6-15(18)12-19(23)21-13-16-4-1-2-5-17(16)14-22-8-10-24-11-9-22/h1-2,4-5,15,18H,3,6-14,20H2,(H,21,23)/t15-,18+/m0/s1. The molecule has 1 saturated heterocycles. The quantitative estimate of drug-likeness (QED) is 0.832. The van der Waals surface area contributed by atoms with Crippen LogP contribution < -0.4 is 11.1 Å². The SMILES string of the molecule is N[C@@H]1CCC[C@H]1CC(=O)NCc1ccccc1CN1CCOCC1. The van der Waals surface area contributed by atoms with Gasteiger partial charge in [0.05, 0.1) is 13.2 Å². The van der Waals surface area contributed by atoms with Crippen LogP contribution >= 0.6 is 0 Å². The van der Waals surface area contributed by atoms with E-state index >= 15 is 0 Å². The van der Waals surface area contributed by atoms with Crippen molar-refractivity contribution in [1.29, 1.82) is 0 Å². The van der Waals surface area contributed by atoms with Crippen molar-refractivity contribution in [3.05, 3.63) is 35.4 Å². The van der Waals surface area contributed by atoms with Gasteiger partial charge in [0.15, 0.2) is 0 Å². The van der Waals surface area contributed by atoms with Crippen LogP contribution in [0.15, 0.2) is 24.3 Å². The van der Waals surface area contributed by atoms with Crippen molar-refractivity contribution in [2.45, 2.75) is 44.8 Å². The maximum Gasteiger partial charge on any atom is 0.220 e. The molecular formula is C19H29N3O2. The second kappa shape index (κ2) is 8.60. The Morgan fingerprint density at radius 1 is 1.21 bits per heavy atom. The number of hydrogen-bond acceptors (Lipinski definition) is 4. The Bertz CT molecular complexity index is 543. The third kappa shape index (κ3) is 4.79. The number of nitrogens with two attached hydrogens (primary N) is 1. The molecule has 3 rings (SSSR count). The molecule has 5 heteroatoms. The molecule has 0 spiro atoms. The van der Waals surface area contributed by atoms with E-state index in [1.165, 1.54) is 11.1 Å². The first-order chi connectivity index (χ1) is 11.7. The van der Waals surface area contributed by atoms with Crippen LogP contribution in [0.5, 0.6) is 0 Å². The summed E-state index contributed by atoms with van der Waals surface area (Å²) in [6.45, 7) is 5.08. The van der Waals surface area contributed by atoms with Gasteiger partial charge in [0.1, 0.15) is 0 Å². The monoisotopic (exact) mass is 331 g/mol.